The van der Waals surface area contributed by atoms with Crippen molar-refractivity contribution < 1.29 is 4.39 Å². The molecular formula is C12H16ClFN2. The van der Waals surface area contributed by atoms with Gasteiger partial charge in [0.15, 0.2) is 0 Å². The monoisotopic (exact) mass is 242 g/mol. The normalized spacial score (nSPS) is 24.2. The van der Waals surface area contributed by atoms with Crippen LogP contribution in [0, 0.1) is 5.82 Å². The summed E-state index contributed by atoms with van der Waals surface area (Å²) in [5.74, 6) is -0.110. The maximum Gasteiger partial charge on any atom is 0.123 e. The summed E-state index contributed by atoms with van der Waals surface area (Å²) in [5.41, 5.74) is 2.51. The van der Waals surface area contributed by atoms with Crippen molar-refractivity contribution in [3.05, 3.63) is 35.1 Å². The number of nitrogens with one attached hydrogen (secondary N) is 1. The minimum atomic E-state index is -0.110. The lowest BCUT2D eigenvalue weighted by Gasteiger charge is -2.40. The van der Waals surface area contributed by atoms with Gasteiger partial charge in [0.1, 0.15) is 5.82 Å². The fourth-order valence-corrected chi connectivity index (χ4v) is 2.69. The minimum Gasteiger partial charge on any atom is -0.314 e. The van der Waals surface area contributed by atoms with Gasteiger partial charge in [-0.1, -0.05) is 6.07 Å². The molecule has 1 N–H and O–H groups in total. The van der Waals surface area contributed by atoms with Crippen molar-refractivity contribution >= 4 is 12.4 Å². The molecule has 2 heterocycles. The van der Waals surface area contributed by atoms with Crippen LogP contribution < -0.4 is 5.32 Å². The van der Waals surface area contributed by atoms with Gasteiger partial charge in [-0.2, -0.15) is 0 Å². The molecule has 0 bridgehead atoms. The Kier molecular flexibility index (Phi) is 3.47. The molecule has 1 aromatic rings. The predicted molar refractivity (Wildman–Crippen MR) is 64.5 cm³/mol. The van der Waals surface area contributed by atoms with Gasteiger partial charge in [-0.25, -0.2) is 4.39 Å². The van der Waals surface area contributed by atoms with Crippen molar-refractivity contribution in [3.8, 4) is 0 Å². The number of hydrogen-bond acceptors (Lipinski definition) is 2. The summed E-state index contributed by atoms with van der Waals surface area (Å²) in [7, 11) is 0. The van der Waals surface area contributed by atoms with Crippen LogP contribution in [0.2, 0.25) is 0 Å². The molecule has 2 aliphatic rings. The van der Waals surface area contributed by atoms with Crippen molar-refractivity contribution in [2.45, 2.75) is 12.5 Å². The molecule has 0 saturated carbocycles. The van der Waals surface area contributed by atoms with E-state index in [0.717, 1.165) is 32.6 Å². The van der Waals surface area contributed by atoms with Gasteiger partial charge in [0.25, 0.3) is 0 Å². The minimum absolute atomic E-state index is 0. The quantitative estimate of drug-likeness (QED) is 0.746. The number of nitrogens with zero attached hydrogens (tertiary/aromatic N) is 1. The zero-order chi connectivity index (χ0) is 10.3. The van der Waals surface area contributed by atoms with E-state index in [9.17, 15) is 4.39 Å². The largest absolute Gasteiger partial charge is 0.314 e. The summed E-state index contributed by atoms with van der Waals surface area (Å²) in [6.45, 7) is 4.21. The van der Waals surface area contributed by atoms with Crippen LogP contribution in [0.15, 0.2) is 18.2 Å². The molecule has 0 amide bonds. The van der Waals surface area contributed by atoms with E-state index in [2.05, 4.69) is 10.2 Å². The smallest absolute Gasteiger partial charge is 0.123 e. The Bertz CT molecular complexity index is 383. The molecule has 1 aromatic carbocycles. The molecule has 2 aliphatic heterocycles. The highest BCUT2D eigenvalue weighted by Gasteiger charge is 2.29. The first-order chi connectivity index (χ1) is 7.34. The molecule has 0 spiro atoms. The lowest BCUT2D eigenvalue weighted by molar-refractivity contribution is 0.151. The lowest BCUT2D eigenvalue weighted by Crippen LogP contribution is -2.48. The number of halogens is 2. The molecule has 0 aliphatic carbocycles. The number of rotatable bonds is 0. The Balaban J connectivity index is 0.000000963. The van der Waals surface area contributed by atoms with Crippen LogP contribution >= 0.6 is 12.4 Å². The van der Waals surface area contributed by atoms with E-state index in [1.54, 1.807) is 12.1 Å². The second-order valence-corrected chi connectivity index (χ2v) is 4.35. The van der Waals surface area contributed by atoms with Crippen molar-refractivity contribution in [2.24, 2.45) is 0 Å². The molecule has 88 valence electrons. The van der Waals surface area contributed by atoms with Crippen LogP contribution in [0.4, 0.5) is 4.39 Å². The Labute approximate surface area is 101 Å². The molecule has 4 heteroatoms. The molecule has 1 saturated heterocycles. The van der Waals surface area contributed by atoms with Crippen molar-refractivity contribution in [1.29, 1.82) is 0 Å². The molecule has 0 aromatic heterocycles. The van der Waals surface area contributed by atoms with Crippen LogP contribution in [-0.2, 0) is 6.42 Å². The number of hydrogen-bond donors (Lipinski definition) is 1. The molecular weight excluding hydrogens is 227 g/mol. The van der Waals surface area contributed by atoms with Gasteiger partial charge in [0.2, 0.25) is 0 Å². The van der Waals surface area contributed by atoms with Gasteiger partial charge >= 0.3 is 0 Å². The average Bonchev–Trinajstić information content (AvgIpc) is 2.29. The third-order valence-corrected chi connectivity index (χ3v) is 3.49. The zero-order valence-electron chi connectivity index (χ0n) is 9.08. The first-order valence-electron chi connectivity index (χ1n) is 5.58. The van der Waals surface area contributed by atoms with Gasteiger partial charge < -0.3 is 5.32 Å². The van der Waals surface area contributed by atoms with E-state index >= 15 is 0 Å². The second-order valence-electron chi connectivity index (χ2n) is 4.35. The Hall–Kier alpha value is -0.640. The average molecular weight is 243 g/mol. The van der Waals surface area contributed by atoms with E-state index in [1.165, 1.54) is 11.1 Å². The van der Waals surface area contributed by atoms with Crippen LogP contribution in [-0.4, -0.2) is 31.1 Å². The molecule has 1 unspecified atom stereocenters. The second kappa shape index (κ2) is 4.70. The van der Waals surface area contributed by atoms with Gasteiger partial charge in [0.05, 0.1) is 0 Å². The first-order valence-corrected chi connectivity index (χ1v) is 5.58. The summed E-state index contributed by atoms with van der Waals surface area (Å²) >= 11 is 0. The fraction of sp³-hybridized carbons (Fsp3) is 0.500. The van der Waals surface area contributed by atoms with Crippen LogP contribution in [0.3, 0.4) is 0 Å². The summed E-state index contributed by atoms with van der Waals surface area (Å²) < 4.78 is 13.2. The Morgan fingerprint density at radius 3 is 3.06 bits per heavy atom. The highest BCUT2D eigenvalue weighted by molar-refractivity contribution is 5.85. The third-order valence-electron chi connectivity index (χ3n) is 3.49. The zero-order valence-corrected chi connectivity index (χ0v) is 9.89. The third kappa shape index (κ3) is 1.95. The predicted octanol–water partition coefficient (Wildman–Crippen LogP) is 1.75. The van der Waals surface area contributed by atoms with Gasteiger partial charge in [-0.3, -0.25) is 4.90 Å². The number of benzene rings is 1. The molecule has 16 heavy (non-hydrogen) atoms. The Morgan fingerprint density at radius 2 is 2.19 bits per heavy atom. The van der Waals surface area contributed by atoms with Crippen molar-refractivity contribution in [3.63, 3.8) is 0 Å². The van der Waals surface area contributed by atoms with Gasteiger partial charge in [0, 0.05) is 32.2 Å². The molecule has 1 fully saturated rings. The first kappa shape index (κ1) is 11.8. The molecule has 3 rings (SSSR count). The maximum absolute atomic E-state index is 13.2. The van der Waals surface area contributed by atoms with Gasteiger partial charge in [-0.05, 0) is 29.7 Å². The standard InChI is InChI=1S/C12H15FN2.ClH/c13-10-2-1-9-3-5-15-6-4-14-8-12(15)11(9)7-10;/h1-2,7,12,14H,3-6,8H2;1H. The van der Waals surface area contributed by atoms with E-state index in [0.29, 0.717) is 6.04 Å². The van der Waals surface area contributed by atoms with Crippen LogP contribution in [0.1, 0.15) is 17.2 Å². The van der Waals surface area contributed by atoms with Crippen molar-refractivity contribution in [1.82, 2.24) is 10.2 Å². The van der Waals surface area contributed by atoms with E-state index < -0.39 is 0 Å². The van der Waals surface area contributed by atoms with E-state index in [-0.39, 0.29) is 18.2 Å². The van der Waals surface area contributed by atoms with Crippen LogP contribution in [0.25, 0.3) is 0 Å². The van der Waals surface area contributed by atoms with E-state index in [4.69, 9.17) is 0 Å². The summed E-state index contributed by atoms with van der Waals surface area (Å²) in [6.07, 6.45) is 1.06. The molecule has 2 nitrogen and oxygen atoms in total. The highest BCUT2D eigenvalue weighted by atomic mass is 35.5. The fourth-order valence-electron chi connectivity index (χ4n) is 2.69. The maximum atomic E-state index is 13.2. The summed E-state index contributed by atoms with van der Waals surface area (Å²) in [5, 5.41) is 3.38. The van der Waals surface area contributed by atoms with E-state index in [1.807, 2.05) is 6.07 Å². The highest BCUT2D eigenvalue weighted by Crippen LogP contribution is 2.30. The topological polar surface area (TPSA) is 15.3 Å². The Morgan fingerprint density at radius 1 is 1.31 bits per heavy atom. The van der Waals surface area contributed by atoms with Crippen LogP contribution in [0.5, 0.6) is 0 Å². The van der Waals surface area contributed by atoms with Crippen molar-refractivity contribution in [2.75, 3.05) is 26.2 Å². The molecule has 1 atom stereocenters. The SMILES string of the molecule is Cl.Fc1ccc2c(c1)C1CNCCN1CC2. The summed E-state index contributed by atoms with van der Waals surface area (Å²) in [4.78, 5) is 2.46. The molecule has 0 radical (unpaired) electrons. The van der Waals surface area contributed by atoms with Gasteiger partial charge in [-0.15, -0.1) is 12.4 Å². The number of piperazine rings is 1. The lowest BCUT2D eigenvalue weighted by atomic mass is 9.91. The summed E-state index contributed by atoms with van der Waals surface area (Å²) in [6, 6.07) is 5.61. The number of fused-ring (bicyclic) bond motifs is 3.